The van der Waals surface area contributed by atoms with Crippen LogP contribution in [0.1, 0.15) is 39.4 Å². The second-order valence-corrected chi connectivity index (χ2v) is 8.79. The van der Waals surface area contributed by atoms with E-state index < -0.39 is 12.1 Å². The first kappa shape index (κ1) is 25.6. The quantitative estimate of drug-likeness (QED) is 0.173. The summed E-state index contributed by atoms with van der Waals surface area (Å²) < 4.78 is 41.0. The van der Waals surface area contributed by atoms with Crippen molar-refractivity contribution in [3.05, 3.63) is 103 Å². The average molecular weight is 533 g/mol. The molecule has 0 aliphatic rings. The van der Waals surface area contributed by atoms with Crippen molar-refractivity contribution in [2.45, 2.75) is 24.9 Å². The van der Waals surface area contributed by atoms with Crippen LogP contribution in [0.5, 0.6) is 0 Å². The summed E-state index contributed by atoms with van der Waals surface area (Å²) >= 11 is 23.5. The molecule has 2 nitrogen and oxygen atoms in total. The number of carbonyl (C=O) groups is 1. The third-order valence-electron chi connectivity index (χ3n) is 4.87. The maximum Gasteiger partial charge on any atom is 0.399 e. The lowest BCUT2D eigenvalue weighted by atomic mass is 9.96. The van der Waals surface area contributed by atoms with Crippen LogP contribution in [0.3, 0.4) is 0 Å². The lowest BCUT2D eigenvalue weighted by Crippen LogP contribution is -2.19. The number of nitrogens with zero attached hydrogens (tertiary/aromatic N) is 1. The number of halogens is 7. The summed E-state index contributed by atoms with van der Waals surface area (Å²) in [7, 11) is 0. The zero-order valence-electron chi connectivity index (χ0n) is 16.8. The van der Waals surface area contributed by atoms with Gasteiger partial charge in [0, 0.05) is 18.2 Å². The number of hydrogen-bond acceptors (Lipinski definition) is 2. The first-order valence-corrected chi connectivity index (χ1v) is 11.2. The van der Waals surface area contributed by atoms with Crippen molar-refractivity contribution >= 4 is 58.3 Å². The predicted molar refractivity (Wildman–Crippen MR) is 128 cm³/mol. The normalized spacial score (nSPS) is 12.8. The Bertz CT molecular complexity index is 1150. The smallest absolute Gasteiger partial charge is 0.294 e. The SMILES string of the molecule is O=C(CCc1ccc(/C=C/C(c2cc(Cl)c(Cl)c(Cl)c2)C(F)(F)F)cc1)c1ccnc(Cl)c1. The Labute approximate surface area is 209 Å². The van der Waals surface area contributed by atoms with Crippen LogP contribution in [-0.4, -0.2) is 16.9 Å². The van der Waals surface area contributed by atoms with Gasteiger partial charge < -0.3 is 0 Å². The lowest BCUT2D eigenvalue weighted by molar-refractivity contribution is -0.139. The molecule has 0 saturated carbocycles. The lowest BCUT2D eigenvalue weighted by Gasteiger charge is -2.18. The van der Waals surface area contributed by atoms with E-state index in [1.165, 1.54) is 18.3 Å². The molecule has 0 amide bonds. The minimum Gasteiger partial charge on any atom is -0.294 e. The number of alkyl halides is 3. The number of Topliss-reactive ketones (excluding diaryl/α,β-unsaturated/α-hetero) is 1. The third-order valence-corrected chi connectivity index (χ3v) is 6.27. The minimum absolute atomic E-state index is 0.00749. The summed E-state index contributed by atoms with van der Waals surface area (Å²) in [5.41, 5.74) is 1.83. The second-order valence-electron chi connectivity index (χ2n) is 7.21. The van der Waals surface area contributed by atoms with Crippen LogP contribution in [0.2, 0.25) is 20.2 Å². The number of aromatic nitrogens is 1. The van der Waals surface area contributed by atoms with Crippen LogP contribution < -0.4 is 0 Å². The van der Waals surface area contributed by atoms with E-state index in [0.29, 0.717) is 17.5 Å². The minimum atomic E-state index is -4.55. The molecule has 0 aliphatic heterocycles. The van der Waals surface area contributed by atoms with E-state index in [1.807, 2.05) is 0 Å². The molecule has 0 N–H and O–H groups in total. The molecule has 172 valence electrons. The molecule has 1 heterocycles. The number of pyridine rings is 1. The van der Waals surface area contributed by atoms with Gasteiger partial charge in [-0.3, -0.25) is 4.79 Å². The molecule has 0 bridgehead atoms. The molecule has 2 aromatic carbocycles. The molecule has 3 rings (SSSR count). The van der Waals surface area contributed by atoms with Gasteiger partial charge in [-0.05, 0) is 47.4 Å². The summed E-state index contributed by atoms with van der Waals surface area (Å²) in [6, 6.07) is 12.3. The molecule has 0 radical (unpaired) electrons. The van der Waals surface area contributed by atoms with Gasteiger partial charge in [0.2, 0.25) is 0 Å². The third kappa shape index (κ3) is 6.97. The van der Waals surface area contributed by atoms with Crippen LogP contribution in [-0.2, 0) is 6.42 Å². The fraction of sp³-hybridized carbons (Fsp3) is 0.167. The number of benzene rings is 2. The molecule has 0 aliphatic carbocycles. The van der Waals surface area contributed by atoms with E-state index in [1.54, 1.807) is 30.3 Å². The van der Waals surface area contributed by atoms with E-state index in [4.69, 9.17) is 46.4 Å². The monoisotopic (exact) mass is 531 g/mol. The van der Waals surface area contributed by atoms with E-state index in [2.05, 4.69) is 4.98 Å². The van der Waals surface area contributed by atoms with Gasteiger partial charge in [-0.15, -0.1) is 0 Å². The van der Waals surface area contributed by atoms with Crippen molar-refractivity contribution in [3.8, 4) is 0 Å². The predicted octanol–water partition coefficient (Wildman–Crippen LogP) is 8.87. The summed E-state index contributed by atoms with van der Waals surface area (Å²) in [6.07, 6.45) is 0.0908. The van der Waals surface area contributed by atoms with E-state index in [9.17, 15) is 18.0 Å². The highest BCUT2D eigenvalue weighted by Crippen LogP contribution is 2.41. The summed E-state index contributed by atoms with van der Waals surface area (Å²) in [5.74, 6) is -1.98. The number of ketones is 1. The zero-order valence-corrected chi connectivity index (χ0v) is 19.9. The van der Waals surface area contributed by atoms with Gasteiger partial charge in [0.05, 0.1) is 21.0 Å². The summed E-state index contributed by atoms with van der Waals surface area (Å²) in [6.45, 7) is 0. The molecule has 1 aromatic heterocycles. The highest BCUT2D eigenvalue weighted by molar-refractivity contribution is 6.48. The van der Waals surface area contributed by atoms with E-state index in [0.717, 1.165) is 23.8 Å². The number of hydrogen-bond donors (Lipinski definition) is 0. The van der Waals surface area contributed by atoms with Crippen LogP contribution in [0, 0.1) is 0 Å². The molecule has 0 saturated heterocycles. The Kier molecular flexibility index (Phi) is 8.46. The average Bonchev–Trinajstić information content (AvgIpc) is 2.75. The van der Waals surface area contributed by atoms with E-state index in [-0.39, 0.29) is 38.0 Å². The summed E-state index contributed by atoms with van der Waals surface area (Å²) in [5, 5.41) is 0.162. The first-order valence-electron chi connectivity index (χ1n) is 9.67. The fourth-order valence-corrected chi connectivity index (χ4v) is 3.93. The van der Waals surface area contributed by atoms with Gasteiger partial charge in [-0.2, -0.15) is 13.2 Å². The number of carbonyl (C=O) groups excluding carboxylic acids is 1. The topological polar surface area (TPSA) is 30.0 Å². The van der Waals surface area contributed by atoms with Crippen molar-refractivity contribution in [2.75, 3.05) is 0 Å². The number of rotatable bonds is 7. The van der Waals surface area contributed by atoms with E-state index >= 15 is 0 Å². The van der Waals surface area contributed by atoms with Gasteiger partial charge >= 0.3 is 6.18 Å². The van der Waals surface area contributed by atoms with Crippen molar-refractivity contribution < 1.29 is 18.0 Å². The molecule has 1 unspecified atom stereocenters. The van der Waals surface area contributed by atoms with Crippen LogP contribution in [0.15, 0.2) is 60.8 Å². The number of aryl methyl sites for hydroxylation is 1. The van der Waals surface area contributed by atoms with Crippen molar-refractivity contribution in [1.82, 2.24) is 4.98 Å². The van der Waals surface area contributed by atoms with Crippen LogP contribution >= 0.6 is 46.4 Å². The fourth-order valence-electron chi connectivity index (χ4n) is 3.14. The summed E-state index contributed by atoms with van der Waals surface area (Å²) in [4.78, 5) is 16.1. The van der Waals surface area contributed by atoms with Gasteiger partial charge in [0.25, 0.3) is 0 Å². The zero-order chi connectivity index (χ0) is 24.2. The highest BCUT2D eigenvalue weighted by atomic mass is 35.5. The molecular formula is C24H16Cl4F3NO. The molecule has 1 atom stereocenters. The Hall–Kier alpha value is -2.05. The van der Waals surface area contributed by atoms with Gasteiger partial charge in [-0.1, -0.05) is 82.8 Å². The van der Waals surface area contributed by atoms with Crippen molar-refractivity contribution in [2.24, 2.45) is 0 Å². The second kappa shape index (κ2) is 10.9. The van der Waals surface area contributed by atoms with Crippen molar-refractivity contribution in [3.63, 3.8) is 0 Å². The standard InChI is InChI=1S/C24H16Cl4F3NO/c25-19-11-17(12-20(26)23(19)28)18(24(29,30)31)7-5-14-1-3-15(4-2-14)6-8-21(33)16-9-10-32-22(27)13-16/h1-5,7,9-13,18H,6,8H2/b7-5+. The Morgan fingerprint density at radius 3 is 2.18 bits per heavy atom. The molecule has 0 fully saturated rings. The van der Waals surface area contributed by atoms with Crippen LogP contribution in [0.4, 0.5) is 13.2 Å². The van der Waals surface area contributed by atoms with Crippen LogP contribution in [0.25, 0.3) is 6.08 Å². The van der Waals surface area contributed by atoms with Gasteiger partial charge in [0.15, 0.2) is 5.78 Å². The maximum atomic E-state index is 13.7. The number of allylic oxidation sites excluding steroid dienone is 1. The van der Waals surface area contributed by atoms with Crippen molar-refractivity contribution in [1.29, 1.82) is 0 Å². The largest absolute Gasteiger partial charge is 0.399 e. The first-order chi connectivity index (χ1) is 15.5. The molecule has 0 spiro atoms. The Balaban J connectivity index is 1.70. The Morgan fingerprint density at radius 1 is 0.970 bits per heavy atom. The van der Waals surface area contributed by atoms with Gasteiger partial charge in [0.1, 0.15) is 5.15 Å². The molecule has 3 aromatic rings. The Morgan fingerprint density at radius 2 is 1.61 bits per heavy atom. The molecule has 33 heavy (non-hydrogen) atoms. The van der Waals surface area contributed by atoms with Gasteiger partial charge in [-0.25, -0.2) is 4.98 Å². The molecule has 9 heteroatoms. The molecular weight excluding hydrogens is 517 g/mol. The highest BCUT2D eigenvalue weighted by Gasteiger charge is 2.39. The maximum absolute atomic E-state index is 13.7.